The van der Waals surface area contributed by atoms with Crippen LogP contribution in [0, 0.1) is 0 Å². The number of carbonyl (C=O) groups excluding carboxylic acids is 2. The number of nitrogens with one attached hydrogen (secondary N) is 1. The van der Waals surface area contributed by atoms with Gasteiger partial charge in [-0.25, -0.2) is 9.59 Å². The number of carboxylic acids is 1. The van der Waals surface area contributed by atoms with Gasteiger partial charge in [0.1, 0.15) is 6.54 Å². The number of nitrogens with zero attached hydrogens (tertiary/aromatic N) is 2. The van der Waals surface area contributed by atoms with Gasteiger partial charge in [-0.3, -0.25) is 4.79 Å². The Hall–Kier alpha value is -1.83. The Morgan fingerprint density at radius 3 is 2.67 bits per heavy atom. The predicted octanol–water partition coefficient (Wildman–Crippen LogP) is -1.69. The molecule has 1 saturated heterocycles. The number of rotatable bonds is 3. The van der Waals surface area contributed by atoms with Crippen molar-refractivity contribution in [2.75, 3.05) is 33.3 Å². The summed E-state index contributed by atoms with van der Waals surface area (Å²) >= 11 is 0. The van der Waals surface area contributed by atoms with Crippen LogP contribution in [0.15, 0.2) is 0 Å². The lowest BCUT2D eigenvalue weighted by atomic mass is 10.3. The van der Waals surface area contributed by atoms with Crippen molar-refractivity contribution in [3.8, 4) is 0 Å². The number of carboxylic acid groups (broad SMARTS) is 1. The number of likely N-dealkylation sites (N-methyl/N-ethyl adjacent to an activating group) is 1. The second-order valence-corrected chi connectivity index (χ2v) is 4.11. The molecule has 0 bridgehead atoms. The zero-order valence-electron chi connectivity index (χ0n) is 10.1. The minimum absolute atomic E-state index is 0.0832. The summed E-state index contributed by atoms with van der Waals surface area (Å²) in [5.74, 6) is -1.51. The molecular weight excluding hydrogens is 242 g/mol. The Kier molecular flexibility index (Phi) is 4.90. The highest BCUT2D eigenvalue weighted by atomic mass is 16.4. The van der Waals surface area contributed by atoms with Gasteiger partial charge in [0.2, 0.25) is 5.91 Å². The van der Waals surface area contributed by atoms with Crippen molar-refractivity contribution in [1.29, 1.82) is 0 Å². The van der Waals surface area contributed by atoms with E-state index in [0.29, 0.717) is 19.5 Å². The quantitative estimate of drug-likeness (QED) is 0.560. The van der Waals surface area contributed by atoms with Gasteiger partial charge in [0.05, 0.1) is 6.61 Å². The molecule has 3 amide bonds. The van der Waals surface area contributed by atoms with E-state index in [2.05, 4.69) is 5.32 Å². The van der Waals surface area contributed by atoms with E-state index in [1.807, 2.05) is 0 Å². The first-order valence-corrected chi connectivity index (χ1v) is 5.58. The lowest BCUT2D eigenvalue weighted by molar-refractivity contribution is -0.140. The number of aliphatic carboxylic acids is 1. The van der Waals surface area contributed by atoms with Gasteiger partial charge in [-0.05, 0) is 6.42 Å². The molecule has 3 N–H and O–H groups in total. The third-order valence-corrected chi connectivity index (χ3v) is 2.74. The van der Waals surface area contributed by atoms with Crippen molar-refractivity contribution < 1.29 is 24.6 Å². The van der Waals surface area contributed by atoms with Crippen molar-refractivity contribution in [2.24, 2.45) is 0 Å². The van der Waals surface area contributed by atoms with Crippen LogP contribution in [0.2, 0.25) is 0 Å². The molecule has 0 aromatic rings. The number of aliphatic hydroxyl groups excluding tert-OH is 1. The maximum absolute atomic E-state index is 11.7. The third kappa shape index (κ3) is 3.59. The molecule has 0 aromatic heterocycles. The molecule has 1 aliphatic rings. The first-order chi connectivity index (χ1) is 8.45. The minimum Gasteiger partial charge on any atom is -0.480 e. The van der Waals surface area contributed by atoms with Crippen LogP contribution in [-0.4, -0.2) is 77.3 Å². The van der Waals surface area contributed by atoms with Crippen molar-refractivity contribution in [3.63, 3.8) is 0 Å². The summed E-state index contributed by atoms with van der Waals surface area (Å²) in [6.45, 7) is 0.160. The van der Waals surface area contributed by atoms with Crippen molar-refractivity contribution in [3.05, 3.63) is 0 Å². The average Bonchev–Trinajstić information content (AvgIpc) is 2.48. The summed E-state index contributed by atoms with van der Waals surface area (Å²) < 4.78 is 0. The van der Waals surface area contributed by atoms with Crippen LogP contribution < -0.4 is 5.32 Å². The Morgan fingerprint density at radius 2 is 2.11 bits per heavy atom. The van der Waals surface area contributed by atoms with E-state index >= 15 is 0 Å². The zero-order chi connectivity index (χ0) is 13.7. The van der Waals surface area contributed by atoms with E-state index < -0.39 is 24.6 Å². The third-order valence-electron chi connectivity index (χ3n) is 2.74. The van der Waals surface area contributed by atoms with Crippen LogP contribution in [0.5, 0.6) is 0 Å². The highest BCUT2D eigenvalue weighted by Crippen LogP contribution is 2.03. The molecule has 1 unspecified atom stereocenters. The Bertz CT molecular complexity index is 346. The molecule has 0 aliphatic carbocycles. The van der Waals surface area contributed by atoms with E-state index in [4.69, 9.17) is 10.2 Å². The second kappa shape index (κ2) is 6.20. The molecule has 18 heavy (non-hydrogen) atoms. The predicted molar refractivity (Wildman–Crippen MR) is 60.9 cm³/mol. The summed E-state index contributed by atoms with van der Waals surface area (Å²) in [7, 11) is 1.65. The smallest absolute Gasteiger partial charge is 0.328 e. The maximum Gasteiger partial charge on any atom is 0.328 e. The molecule has 1 heterocycles. The van der Waals surface area contributed by atoms with Gasteiger partial charge in [0.15, 0.2) is 6.04 Å². The Balaban J connectivity index is 2.60. The summed E-state index contributed by atoms with van der Waals surface area (Å²) in [4.78, 5) is 36.7. The Morgan fingerprint density at radius 1 is 1.44 bits per heavy atom. The maximum atomic E-state index is 11.7. The number of hydrogen-bond acceptors (Lipinski definition) is 4. The molecule has 1 fully saturated rings. The van der Waals surface area contributed by atoms with Gasteiger partial charge in [-0.2, -0.15) is 0 Å². The topological polar surface area (TPSA) is 110 Å². The van der Waals surface area contributed by atoms with Crippen molar-refractivity contribution in [1.82, 2.24) is 15.1 Å². The monoisotopic (exact) mass is 259 g/mol. The van der Waals surface area contributed by atoms with Gasteiger partial charge in [-0.15, -0.1) is 0 Å². The summed E-state index contributed by atoms with van der Waals surface area (Å²) in [6, 6.07) is -2.01. The lowest BCUT2D eigenvalue weighted by Crippen LogP contribution is -2.51. The van der Waals surface area contributed by atoms with E-state index in [0.717, 1.165) is 0 Å². The lowest BCUT2D eigenvalue weighted by Gasteiger charge is -2.22. The molecule has 1 rings (SSSR count). The largest absolute Gasteiger partial charge is 0.480 e. The molecule has 0 spiro atoms. The molecule has 0 aromatic carbocycles. The minimum atomic E-state index is -1.35. The number of hydrogen-bond donors (Lipinski definition) is 3. The van der Waals surface area contributed by atoms with Crippen LogP contribution in [0.25, 0.3) is 0 Å². The van der Waals surface area contributed by atoms with Crippen LogP contribution in [0.4, 0.5) is 4.79 Å². The fourth-order valence-electron chi connectivity index (χ4n) is 1.59. The Labute approximate surface area is 104 Å². The van der Waals surface area contributed by atoms with Gasteiger partial charge in [0, 0.05) is 20.1 Å². The average molecular weight is 259 g/mol. The van der Waals surface area contributed by atoms with Crippen molar-refractivity contribution in [2.45, 2.75) is 12.5 Å². The highest BCUT2D eigenvalue weighted by molar-refractivity contribution is 5.87. The van der Waals surface area contributed by atoms with E-state index in [9.17, 15) is 14.4 Å². The molecule has 0 saturated carbocycles. The van der Waals surface area contributed by atoms with E-state index in [-0.39, 0.29) is 12.5 Å². The van der Waals surface area contributed by atoms with Crippen LogP contribution >= 0.6 is 0 Å². The number of urea groups is 1. The molecule has 0 radical (unpaired) electrons. The summed E-state index contributed by atoms with van der Waals surface area (Å²) in [6.07, 6.45) is 0.631. The van der Waals surface area contributed by atoms with E-state index in [1.54, 1.807) is 7.05 Å². The molecule has 1 atom stereocenters. The van der Waals surface area contributed by atoms with Gasteiger partial charge in [0.25, 0.3) is 0 Å². The summed E-state index contributed by atoms with van der Waals surface area (Å²) in [5.41, 5.74) is 0. The standard InChI is InChI=1S/C10H17N3O5/c1-12-3-2-4-13(5-8(12)15)10(18)11-7(6-14)9(16)17/h7,14H,2-6H2,1H3,(H,11,18)(H,16,17). The summed E-state index contributed by atoms with van der Waals surface area (Å²) in [5, 5.41) is 19.7. The van der Waals surface area contributed by atoms with Gasteiger partial charge in [-0.1, -0.05) is 0 Å². The number of amides is 3. The molecule has 102 valence electrons. The molecule has 1 aliphatic heterocycles. The fourth-order valence-corrected chi connectivity index (χ4v) is 1.59. The van der Waals surface area contributed by atoms with Gasteiger partial charge < -0.3 is 25.3 Å². The van der Waals surface area contributed by atoms with Crippen LogP contribution in [0.3, 0.4) is 0 Å². The van der Waals surface area contributed by atoms with Crippen molar-refractivity contribution >= 4 is 17.9 Å². The van der Waals surface area contributed by atoms with Crippen LogP contribution in [0.1, 0.15) is 6.42 Å². The zero-order valence-corrected chi connectivity index (χ0v) is 10.1. The second-order valence-electron chi connectivity index (χ2n) is 4.11. The fraction of sp³-hybridized carbons (Fsp3) is 0.700. The SMILES string of the molecule is CN1CCCN(C(=O)NC(CO)C(=O)O)CC1=O. The highest BCUT2D eigenvalue weighted by Gasteiger charge is 2.26. The van der Waals surface area contributed by atoms with Gasteiger partial charge >= 0.3 is 12.0 Å². The first kappa shape index (κ1) is 14.2. The normalized spacial score (nSPS) is 18.2. The molecule has 8 heteroatoms. The van der Waals surface area contributed by atoms with E-state index in [1.165, 1.54) is 9.80 Å². The molecule has 8 nitrogen and oxygen atoms in total. The number of carbonyl (C=O) groups is 3. The first-order valence-electron chi connectivity index (χ1n) is 5.58. The number of aliphatic hydroxyl groups is 1. The van der Waals surface area contributed by atoms with Crippen LogP contribution in [-0.2, 0) is 9.59 Å². The molecular formula is C10H17N3O5.